The highest BCUT2D eigenvalue weighted by Gasteiger charge is 2.40. The molecule has 2 aliphatic rings. The Morgan fingerprint density at radius 2 is 1.83 bits per heavy atom. The number of hydrogen-bond donors (Lipinski definition) is 1. The average molecular weight is 402 g/mol. The first-order chi connectivity index (χ1) is 13.9. The number of aryl methyl sites for hydroxylation is 2. The quantitative estimate of drug-likeness (QED) is 0.656. The fraction of sp³-hybridized carbons (Fsp3) is 0.545. The van der Waals surface area contributed by atoms with Gasteiger partial charge in [-0.2, -0.15) is 0 Å². The monoisotopic (exact) mass is 401 g/mol. The minimum absolute atomic E-state index is 0.0847. The first-order valence-corrected chi connectivity index (χ1v) is 10.2. The second-order valence-electron chi connectivity index (χ2n) is 7.76. The minimum atomic E-state index is -0.275. The third-order valence-electron chi connectivity index (χ3n) is 5.57. The van der Waals surface area contributed by atoms with E-state index in [4.69, 9.17) is 4.74 Å². The highest BCUT2D eigenvalue weighted by Crippen LogP contribution is 2.33. The molecular weight excluding hydrogens is 370 g/mol. The number of imide groups is 1. The largest absolute Gasteiger partial charge is 0.395 e. The van der Waals surface area contributed by atoms with Crippen molar-refractivity contribution < 1.29 is 19.4 Å². The number of aliphatic hydroxyl groups excluding tert-OH is 1. The van der Waals surface area contributed by atoms with Crippen molar-refractivity contribution >= 4 is 17.4 Å². The number of aliphatic hydroxyl groups is 1. The number of amides is 2. The van der Waals surface area contributed by atoms with Crippen molar-refractivity contribution in [2.24, 2.45) is 0 Å². The van der Waals surface area contributed by atoms with Gasteiger partial charge in [-0.05, 0) is 31.4 Å². The molecule has 0 unspecified atom stereocenters. The lowest BCUT2D eigenvalue weighted by atomic mass is 9.97. The number of hydrogen-bond acceptors (Lipinski definition) is 6. The standard InChI is InChI=1S/C22H31N3O4/c1-16-5-6-18(17(2)15-16)19-20(23(3)9-12-26)22(28)25(21(19)27)8-4-7-24-10-13-29-14-11-24/h5-6,15,26H,4,7-14H2,1-3H3. The molecule has 2 aliphatic heterocycles. The lowest BCUT2D eigenvalue weighted by Crippen LogP contribution is -2.40. The summed E-state index contributed by atoms with van der Waals surface area (Å²) in [6.45, 7) is 8.63. The summed E-state index contributed by atoms with van der Waals surface area (Å²) in [5.74, 6) is -0.522. The Labute approximate surface area is 172 Å². The van der Waals surface area contributed by atoms with Crippen molar-refractivity contribution in [2.45, 2.75) is 20.3 Å². The Kier molecular flexibility index (Phi) is 7.05. The summed E-state index contributed by atoms with van der Waals surface area (Å²) in [7, 11) is 1.75. The van der Waals surface area contributed by atoms with Gasteiger partial charge in [0.05, 0.1) is 25.4 Å². The van der Waals surface area contributed by atoms with E-state index >= 15 is 0 Å². The van der Waals surface area contributed by atoms with Crippen LogP contribution in [0.3, 0.4) is 0 Å². The highest BCUT2D eigenvalue weighted by molar-refractivity contribution is 6.35. The van der Waals surface area contributed by atoms with Crippen LogP contribution in [0, 0.1) is 13.8 Å². The molecule has 0 spiro atoms. The topological polar surface area (TPSA) is 73.3 Å². The first kappa shape index (κ1) is 21.5. The molecule has 7 nitrogen and oxygen atoms in total. The summed E-state index contributed by atoms with van der Waals surface area (Å²) >= 11 is 0. The van der Waals surface area contributed by atoms with E-state index in [-0.39, 0.29) is 18.4 Å². The number of ether oxygens (including phenoxy) is 1. The average Bonchev–Trinajstić information content (AvgIpc) is 2.94. The van der Waals surface area contributed by atoms with Crippen LogP contribution in [-0.2, 0) is 14.3 Å². The zero-order valence-electron chi connectivity index (χ0n) is 17.6. The summed E-state index contributed by atoms with van der Waals surface area (Å²) in [6.07, 6.45) is 0.731. The predicted molar refractivity (Wildman–Crippen MR) is 111 cm³/mol. The molecule has 0 aromatic heterocycles. The Bertz CT molecular complexity index is 799. The van der Waals surface area contributed by atoms with Crippen LogP contribution in [0.2, 0.25) is 0 Å². The summed E-state index contributed by atoms with van der Waals surface area (Å²) in [5, 5.41) is 9.36. The lowest BCUT2D eigenvalue weighted by molar-refractivity contribution is -0.137. The van der Waals surface area contributed by atoms with Crippen molar-refractivity contribution in [3.05, 3.63) is 40.6 Å². The normalized spacial score (nSPS) is 18.1. The molecule has 2 amide bonds. The molecule has 0 saturated carbocycles. The lowest BCUT2D eigenvalue weighted by Gasteiger charge is -2.27. The van der Waals surface area contributed by atoms with Crippen LogP contribution in [0.25, 0.3) is 5.57 Å². The Hall–Kier alpha value is -2.22. The molecule has 1 aromatic rings. The molecule has 0 radical (unpaired) electrons. The number of carbonyl (C=O) groups is 2. The van der Waals surface area contributed by atoms with Crippen LogP contribution in [0.1, 0.15) is 23.1 Å². The van der Waals surface area contributed by atoms with E-state index < -0.39 is 0 Å². The number of carbonyl (C=O) groups excluding carboxylic acids is 2. The van der Waals surface area contributed by atoms with Gasteiger partial charge in [0.15, 0.2) is 0 Å². The van der Waals surface area contributed by atoms with Crippen molar-refractivity contribution in [2.75, 3.05) is 59.6 Å². The fourth-order valence-electron chi connectivity index (χ4n) is 4.00. The number of rotatable bonds is 8. The van der Waals surface area contributed by atoms with E-state index in [9.17, 15) is 14.7 Å². The van der Waals surface area contributed by atoms with Gasteiger partial charge in [0.1, 0.15) is 5.70 Å². The van der Waals surface area contributed by atoms with Gasteiger partial charge in [-0.3, -0.25) is 19.4 Å². The third kappa shape index (κ3) is 4.69. The van der Waals surface area contributed by atoms with Gasteiger partial charge in [-0.25, -0.2) is 0 Å². The molecule has 0 bridgehead atoms. The van der Waals surface area contributed by atoms with E-state index in [2.05, 4.69) is 4.90 Å². The van der Waals surface area contributed by atoms with Crippen LogP contribution in [0.15, 0.2) is 23.9 Å². The molecule has 2 heterocycles. The van der Waals surface area contributed by atoms with E-state index in [1.165, 1.54) is 4.90 Å². The maximum atomic E-state index is 13.3. The zero-order valence-corrected chi connectivity index (χ0v) is 17.6. The summed E-state index contributed by atoms with van der Waals surface area (Å²) in [6, 6.07) is 5.89. The number of likely N-dealkylation sites (N-methyl/N-ethyl adjacent to an activating group) is 1. The van der Waals surface area contributed by atoms with Gasteiger partial charge in [-0.15, -0.1) is 0 Å². The SMILES string of the molecule is Cc1ccc(C2=C(N(C)CCO)C(=O)N(CCCN3CCOCC3)C2=O)c(C)c1. The van der Waals surface area contributed by atoms with Crippen LogP contribution >= 0.6 is 0 Å². The van der Waals surface area contributed by atoms with E-state index in [0.29, 0.717) is 24.4 Å². The highest BCUT2D eigenvalue weighted by atomic mass is 16.5. The second-order valence-corrected chi connectivity index (χ2v) is 7.76. The predicted octanol–water partition coefficient (Wildman–Crippen LogP) is 1.03. The molecule has 1 N–H and O–H groups in total. The minimum Gasteiger partial charge on any atom is -0.395 e. The molecular formula is C22H31N3O4. The van der Waals surface area contributed by atoms with Gasteiger partial charge in [0, 0.05) is 39.8 Å². The maximum absolute atomic E-state index is 13.3. The van der Waals surface area contributed by atoms with Gasteiger partial charge < -0.3 is 14.7 Å². The Morgan fingerprint density at radius 1 is 1.10 bits per heavy atom. The molecule has 1 fully saturated rings. The third-order valence-corrected chi connectivity index (χ3v) is 5.57. The fourth-order valence-corrected chi connectivity index (χ4v) is 4.00. The molecule has 158 valence electrons. The molecule has 1 aromatic carbocycles. The van der Waals surface area contributed by atoms with Gasteiger partial charge in [-0.1, -0.05) is 23.8 Å². The summed E-state index contributed by atoms with van der Waals surface area (Å²) < 4.78 is 5.37. The molecule has 0 aliphatic carbocycles. The molecule has 0 atom stereocenters. The van der Waals surface area contributed by atoms with Crippen molar-refractivity contribution in [3.63, 3.8) is 0 Å². The van der Waals surface area contributed by atoms with Crippen LogP contribution in [0.4, 0.5) is 0 Å². The smallest absolute Gasteiger partial charge is 0.277 e. The molecule has 1 saturated heterocycles. The Balaban J connectivity index is 1.82. The van der Waals surface area contributed by atoms with Gasteiger partial charge in [0.2, 0.25) is 0 Å². The van der Waals surface area contributed by atoms with Gasteiger partial charge in [0.25, 0.3) is 11.8 Å². The molecule has 29 heavy (non-hydrogen) atoms. The zero-order chi connectivity index (χ0) is 21.0. The molecule has 3 rings (SSSR count). The van der Waals surface area contributed by atoms with Crippen LogP contribution in [0.5, 0.6) is 0 Å². The summed E-state index contributed by atoms with van der Waals surface area (Å²) in [5.41, 5.74) is 3.67. The number of morpholine rings is 1. The van der Waals surface area contributed by atoms with E-state index in [0.717, 1.165) is 56.0 Å². The number of benzene rings is 1. The first-order valence-electron chi connectivity index (χ1n) is 10.2. The van der Waals surface area contributed by atoms with Crippen LogP contribution < -0.4 is 0 Å². The second kappa shape index (κ2) is 9.52. The van der Waals surface area contributed by atoms with Crippen LogP contribution in [-0.4, -0.2) is 91.2 Å². The molecule has 7 heteroatoms. The van der Waals surface area contributed by atoms with Crippen molar-refractivity contribution in [3.8, 4) is 0 Å². The summed E-state index contributed by atoms with van der Waals surface area (Å²) in [4.78, 5) is 31.8. The number of nitrogens with zero attached hydrogens (tertiary/aromatic N) is 3. The van der Waals surface area contributed by atoms with E-state index in [1.54, 1.807) is 11.9 Å². The Morgan fingerprint density at radius 3 is 2.48 bits per heavy atom. The maximum Gasteiger partial charge on any atom is 0.277 e. The van der Waals surface area contributed by atoms with Gasteiger partial charge >= 0.3 is 0 Å². The van der Waals surface area contributed by atoms with Crippen molar-refractivity contribution in [1.29, 1.82) is 0 Å². The van der Waals surface area contributed by atoms with E-state index in [1.807, 2.05) is 32.0 Å². The van der Waals surface area contributed by atoms with Crippen molar-refractivity contribution in [1.82, 2.24) is 14.7 Å².